The summed E-state index contributed by atoms with van der Waals surface area (Å²) in [4.78, 5) is 15.0. The lowest BCUT2D eigenvalue weighted by molar-refractivity contribution is 0.0887. The SMILES string of the molecule is COc1ccc(C(=O)C2c3cc(OC)c(OC)cc3C=CN2C)cc1O. The van der Waals surface area contributed by atoms with Gasteiger partial charge in [0, 0.05) is 18.8 Å². The van der Waals surface area contributed by atoms with Crippen LogP contribution in [0.3, 0.4) is 0 Å². The van der Waals surface area contributed by atoms with E-state index in [9.17, 15) is 9.90 Å². The van der Waals surface area contributed by atoms with Gasteiger partial charge in [0.05, 0.1) is 21.3 Å². The van der Waals surface area contributed by atoms with Crippen LogP contribution in [0.1, 0.15) is 27.5 Å². The van der Waals surface area contributed by atoms with Crippen LogP contribution in [-0.2, 0) is 0 Å². The van der Waals surface area contributed by atoms with E-state index in [-0.39, 0.29) is 11.5 Å². The molecule has 1 N–H and O–H groups in total. The first-order valence-corrected chi connectivity index (χ1v) is 8.07. The first-order valence-electron chi connectivity index (χ1n) is 8.07. The largest absolute Gasteiger partial charge is 0.504 e. The molecule has 0 bridgehead atoms. The van der Waals surface area contributed by atoms with Gasteiger partial charge >= 0.3 is 0 Å². The summed E-state index contributed by atoms with van der Waals surface area (Å²) < 4.78 is 15.8. The number of Topliss-reactive ketones (excluding diaryl/α,β-unsaturated/α-hetero) is 1. The highest BCUT2D eigenvalue weighted by Gasteiger charge is 2.30. The van der Waals surface area contributed by atoms with Gasteiger partial charge in [0.2, 0.25) is 0 Å². The number of benzene rings is 2. The second kappa shape index (κ2) is 7.00. The Kier molecular flexibility index (Phi) is 4.75. The number of phenols is 1. The highest BCUT2D eigenvalue weighted by Crippen LogP contribution is 2.39. The molecule has 1 unspecified atom stereocenters. The highest BCUT2D eigenvalue weighted by molar-refractivity contribution is 6.02. The maximum absolute atomic E-state index is 13.2. The maximum Gasteiger partial charge on any atom is 0.189 e. The maximum atomic E-state index is 13.2. The van der Waals surface area contributed by atoms with Crippen molar-refractivity contribution in [3.8, 4) is 23.0 Å². The van der Waals surface area contributed by atoms with Crippen molar-refractivity contribution in [3.05, 3.63) is 53.2 Å². The standard InChI is InChI=1S/C20H21NO5/c1-21-8-7-12-10-17(25-3)18(26-4)11-14(12)19(21)20(23)13-5-6-16(24-2)15(22)9-13/h5-11,19,22H,1-4H3. The minimum absolute atomic E-state index is 0.0695. The van der Waals surface area contributed by atoms with Gasteiger partial charge < -0.3 is 24.2 Å². The normalized spacial score (nSPS) is 15.4. The number of carbonyl (C=O) groups excluding carboxylic acids is 1. The smallest absolute Gasteiger partial charge is 0.189 e. The second-order valence-electron chi connectivity index (χ2n) is 5.97. The number of ether oxygens (including phenoxy) is 3. The number of hydrogen-bond donors (Lipinski definition) is 1. The van der Waals surface area contributed by atoms with Gasteiger partial charge in [-0.3, -0.25) is 4.79 Å². The minimum Gasteiger partial charge on any atom is -0.504 e. The molecule has 1 atom stereocenters. The number of likely N-dealkylation sites (N-methyl/N-ethyl adjacent to an activating group) is 1. The van der Waals surface area contributed by atoms with Crippen molar-refractivity contribution in [2.24, 2.45) is 0 Å². The number of aromatic hydroxyl groups is 1. The van der Waals surface area contributed by atoms with E-state index in [1.165, 1.54) is 13.2 Å². The molecule has 0 radical (unpaired) electrons. The fraction of sp³-hybridized carbons (Fsp3) is 0.250. The van der Waals surface area contributed by atoms with Crippen LogP contribution in [0.5, 0.6) is 23.0 Å². The number of phenolic OH excluding ortho intramolecular Hbond substituents is 1. The number of hydrogen-bond acceptors (Lipinski definition) is 6. The number of rotatable bonds is 5. The molecule has 3 rings (SSSR count). The van der Waals surface area contributed by atoms with Gasteiger partial charge in [-0.1, -0.05) is 0 Å². The van der Waals surface area contributed by atoms with E-state index in [4.69, 9.17) is 14.2 Å². The topological polar surface area (TPSA) is 68.2 Å². The van der Waals surface area contributed by atoms with Crippen molar-refractivity contribution in [2.45, 2.75) is 6.04 Å². The number of carbonyl (C=O) groups is 1. The summed E-state index contributed by atoms with van der Waals surface area (Å²) in [5, 5.41) is 10.0. The number of fused-ring (bicyclic) bond motifs is 1. The average molecular weight is 355 g/mol. The van der Waals surface area contributed by atoms with Crippen LogP contribution in [0.4, 0.5) is 0 Å². The third-order valence-electron chi connectivity index (χ3n) is 4.49. The van der Waals surface area contributed by atoms with Gasteiger partial charge in [0.25, 0.3) is 0 Å². The van der Waals surface area contributed by atoms with Crippen LogP contribution in [0.15, 0.2) is 36.5 Å². The summed E-state index contributed by atoms with van der Waals surface area (Å²) in [6.07, 6.45) is 3.77. The molecule has 6 heteroatoms. The van der Waals surface area contributed by atoms with Crippen molar-refractivity contribution in [3.63, 3.8) is 0 Å². The average Bonchev–Trinajstić information content (AvgIpc) is 2.66. The predicted octanol–water partition coefficient (Wildman–Crippen LogP) is 3.26. The Morgan fingerprint density at radius 2 is 1.65 bits per heavy atom. The molecule has 0 amide bonds. The third kappa shape index (κ3) is 2.94. The van der Waals surface area contributed by atoms with E-state index in [1.807, 2.05) is 36.4 Å². The molecule has 6 nitrogen and oxygen atoms in total. The van der Waals surface area contributed by atoms with E-state index in [0.29, 0.717) is 22.8 Å². The summed E-state index contributed by atoms with van der Waals surface area (Å²) >= 11 is 0. The van der Waals surface area contributed by atoms with E-state index >= 15 is 0 Å². The molecule has 0 aromatic heterocycles. The molecular formula is C20H21NO5. The van der Waals surface area contributed by atoms with Crippen molar-refractivity contribution >= 4 is 11.9 Å². The molecule has 136 valence electrons. The zero-order valence-corrected chi connectivity index (χ0v) is 15.1. The molecule has 26 heavy (non-hydrogen) atoms. The van der Waals surface area contributed by atoms with Gasteiger partial charge in [-0.05, 0) is 47.5 Å². The van der Waals surface area contributed by atoms with E-state index in [1.54, 1.807) is 26.4 Å². The summed E-state index contributed by atoms with van der Waals surface area (Å²) in [6, 6.07) is 7.78. The van der Waals surface area contributed by atoms with Crippen LogP contribution < -0.4 is 14.2 Å². The van der Waals surface area contributed by atoms with Crippen LogP contribution in [0.2, 0.25) is 0 Å². The first-order chi connectivity index (χ1) is 12.5. The van der Waals surface area contributed by atoms with Gasteiger partial charge in [0.15, 0.2) is 28.8 Å². The fourth-order valence-electron chi connectivity index (χ4n) is 3.12. The lowest BCUT2D eigenvalue weighted by Gasteiger charge is -2.31. The quantitative estimate of drug-likeness (QED) is 0.831. The van der Waals surface area contributed by atoms with Gasteiger partial charge in [-0.15, -0.1) is 0 Å². The lowest BCUT2D eigenvalue weighted by Crippen LogP contribution is -2.29. The highest BCUT2D eigenvalue weighted by atomic mass is 16.5. The zero-order valence-electron chi connectivity index (χ0n) is 15.1. The zero-order chi connectivity index (χ0) is 18.8. The second-order valence-corrected chi connectivity index (χ2v) is 5.97. The van der Waals surface area contributed by atoms with Crippen LogP contribution in [0.25, 0.3) is 6.08 Å². The van der Waals surface area contributed by atoms with Gasteiger partial charge in [-0.2, -0.15) is 0 Å². The molecule has 0 saturated heterocycles. The number of methoxy groups -OCH3 is 3. The van der Waals surface area contributed by atoms with Crippen molar-refractivity contribution in [2.75, 3.05) is 28.4 Å². The Labute approximate surface area is 152 Å². The Morgan fingerprint density at radius 3 is 2.27 bits per heavy atom. The molecular weight excluding hydrogens is 334 g/mol. The van der Waals surface area contributed by atoms with Gasteiger partial charge in [0.1, 0.15) is 6.04 Å². The molecule has 1 aliphatic heterocycles. The summed E-state index contributed by atoms with van der Waals surface area (Å²) in [5.74, 6) is 1.28. The molecule has 0 spiro atoms. The first kappa shape index (κ1) is 17.7. The number of nitrogens with zero attached hydrogens (tertiary/aromatic N) is 1. The van der Waals surface area contributed by atoms with E-state index in [0.717, 1.165) is 11.1 Å². The molecule has 0 aliphatic carbocycles. The third-order valence-corrected chi connectivity index (χ3v) is 4.49. The fourth-order valence-corrected chi connectivity index (χ4v) is 3.12. The lowest BCUT2D eigenvalue weighted by atomic mass is 9.90. The molecule has 2 aromatic rings. The summed E-state index contributed by atoms with van der Waals surface area (Å²) in [6.45, 7) is 0. The molecule has 0 saturated carbocycles. The van der Waals surface area contributed by atoms with Crippen molar-refractivity contribution < 1.29 is 24.1 Å². The Morgan fingerprint density at radius 1 is 1.00 bits per heavy atom. The minimum atomic E-state index is -0.539. The van der Waals surface area contributed by atoms with E-state index < -0.39 is 6.04 Å². The Bertz CT molecular complexity index is 875. The van der Waals surface area contributed by atoms with Gasteiger partial charge in [-0.25, -0.2) is 0 Å². The van der Waals surface area contributed by atoms with Crippen LogP contribution in [0, 0.1) is 0 Å². The summed E-state index contributed by atoms with van der Waals surface area (Å²) in [5.41, 5.74) is 2.10. The van der Waals surface area contributed by atoms with Crippen molar-refractivity contribution in [1.29, 1.82) is 0 Å². The Balaban J connectivity index is 2.07. The molecule has 1 aliphatic rings. The Hall–Kier alpha value is -3.15. The summed E-state index contributed by atoms with van der Waals surface area (Å²) in [7, 11) is 6.44. The van der Waals surface area contributed by atoms with Crippen molar-refractivity contribution in [1.82, 2.24) is 4.90 Å². The molecule has 0 fully saturated rings. The van der Waals surface area contributed by atoms with Crippen LogP contribution in [-0.4, -0.2) is 44.2 Å². The predicted molar refractivity (Wildman–Crippen MR) is 98.1 cm³/mol. The van der Waals surface area contributed by atoms with E-state index in [2.05, 4.69) is 0 Å². The monoisotopic (exact) mass is 355 g/mol. The van der Waals surface area contributed by atoms with Crippen LogP contribution >= 0.6 is 0 Å². The molecule has 2 aromatic carbocycles. The molecule has 1 heterocycles. The number of ketones is 1.